The molecule has 0 aliphatic heterocycles. The molecule has 1 heterocycles. The van der Waals surface area contributed by atoms with E-state index in [4.69, 9.17) is 4.99 Å². The number of guanidine groups is 1. The number of aromatic nitrogens is 2. The first kappa shape index (κ1) is 17.2. The van der Waals surface area contributed by atoms with Crippen molar-refractivity contribution in [2.75, 3.05) is 19.3 Å². The number of hydrogen-bond acceptors (Lipinski definition) is 3. The van der Waals surface area contributed by atoms with Crippen LogP contribution in [0.5, 0.6) is 0 Å². The largest absolute Gasteiger partial charge is 0.357 e. The molecular weight excluding hydrogens is 294 g/mol. The van der Waals surface area contributed by atoms with Gasteiger partial charge in [-0.2, -0.15) is 16.9 Å². The molecule has 0 saturated heterocycles. The summed E-state index contributed by atoms with van der Waals surface area (Å²) in [4.78, 5) is 4.70. The quantitative estimate of drug-likeness (QED) is 0.460. The van der Waals surface area contributed by atoms with Gasteiger partial charge in [-0.3, -0.25) is 9.67 Å². The molecule has 1 aliphatic rings. The van der Waals surface area contributed by atoms with E-state index in [9.17, 15) is 0 Å². The minimum absolute atomic E-state index is 0.573. The van der Waals surface area contributed by atoms with Gasteiger partial charge in [0, 0.05) is 37.1 Å². The molecule has 6 heteroatoms. The molecular formula is C16H29N5S. The maximum atomic E-state index is 4.70. The molecule has 0 amide bonds. The van der Waals surface area contributed by atoms with Gasteiger partial charge in [0.1, 0.15) is 0 Å². The fourth-order valence-electron chi connectivity index (χ4n) is 2.81. The molecule has 1 aliphatic carbocycles. The summed E-state index contributed by atoms with van der Waals surface area (Å²) in [6.07, 6.45) is 11.0. The van der Waals surface area contributed by atoms with Crippen LogP contribution in [0.2, 0.25) is 0 Å². The van der Waals surface area contributed by atoms with Crippen molar-refractivity contribution < 1.29 is 0 Å². The minimum atomic E-state index is 0.573. The molecule has 124 valence electrons. The number of rotatable bonds is 7. The van der Waals surface area contributed by atoms with Crippen molar-refractivity contribution in [1.82, 2.24) is 20.4 Å². The topological polar surface area (TPSA) is 54.2 Å². The number of aryl methyl sites for hydroxylation is 2. The lowest BCUT2D eigenvalue weighted by atomic mass is 10.2. The van der Waals surface area contributed by atoms with Gasteiger partial charge in [-0.05, 0) is 51.3 Å². The lowest BCUT2D eigenvalue weighted by Gasteiger charge is -2.17. The summed E-state index contributed by atoms with van der Waals surface area (Å²) in [6, 6.07) is 0.573. The summed E-state index contributed by atoms with van der Waals surface area (Å²) >= 11 is 1.99. The summed E-state index contributed by atoms with van der Waals surface area (Å²) in [6.45, 7) is 6.84. The van der Waals surface area contributed by atoms with Crippen molar-refractivity contribution in [2.24, 2.45) is 4.99 Å². The number of hydrogen-bond donors (Lipinski definition) is 2. The van der Waals surface area contributed by atoms with E-state index in [2.05, 4.69) is 42.0 Å². The number of nitrogens with zero attached hydrogens (tertiary/aromatic N) is 3. The Balaban J connectivity index is 1.74. The highest BCUT2D eigenvalue weighted by atomic mass is 32.2. The van der Waals surface area contributed by atoms with Gasteiger partial charge in [-0.1, -0.05) is 0 Å². The first-order valence-electron chi connectivity index (χ1n) is 8.28. The Morgan fingerprint density at radius 3 is 3.00 bits per heavy atom. The third-order valence-corrected chi connectivity index (χ3v) is 5.08. The fourth-order valence-corrected chi connectivity index (χ4v) is 3.61. The molecule has 0 aromatic carbocycles. The van der Waals surface area contributed by atoms with E-state index in [1.54, 1.807) is 0 Å². The van der Waals surface area contributed by atoms with Crippen LogP contribution in [0.3, 0.4) is 0 Å². The van der Waals surface area contributed by atoms with Crippen LogP contribution in [0.25, 0.3) is 0 Å². The maximum absolute atomic E-state index is 4.70. The first-order chi connectivity index (χ1) is 10.7. The van der Waals surface area contributed by atoms with Gasteiger partial charge in [-0.15, -0.1) is 0 Å². The Bertz CT molecular complexity index is 471. The predicted molar refractivity (Wildman–Crippen MR) is 95.6 cm³/mol. The van der Waals surface area contributed by atoms with Crippen LogP contribution in [0.15, 0.2) is 17.4 Å². The zero-order chi connectivity index (χ0) is 15.8. The molecule has 1 saturated carbocycles. The Morgan fingerprint density at radius 2 is 2.36 bits per heavy atom. The first-order valence-corrected chi connectivity index (χ1v) is 9.56. The van der Waals surface area contributed by atoms with Crippen LogP contribution in [0.1, 0.15) is 38.2 Å². The van der Waals surface area contributed by atoms with Gasteiger partial charge >= 0.3 is 0 Å². The lowest BCUT2D eigenvalue weighted by Crippen LogP contribution is -2.42. The molecule has 0 bridgehead atoms. The van der Waals surface area contributed by atoms with Crippen LogP contribution in [-0.4, -0.2) is 46.4 Å². The third kappa shape index (κ3) is 5.55. The normalized spacial score (nSPS) is 22.0. The van der Waals surface area contributed by atoms with Crippen LogP contribution >= 0.6 is 11.8 Å². The molecule has 1 fully saturated rings. The molecule has 22 heavy (non-hydrogen) atoms. The van der Waals surface area contributed by atoms with Crippen LogP contribution in [0, 0.1) is 6.92 Å². The van der Waals surface area contributed by atoms with Crippen molar-refractivity contribution in [1.29, 1.82) is 0 Å². The van der Waals surface area contributed by atoms with Crippen molar-refractivity contribution in [3.05, 3.63) is 18.0 Å². The van der Waals surface area contributed by atoms with Crippen LogP contribution in [0.4, 0.5) is 0 Å². The molecule has 0 spiro atoms. The monoisotopic (exact) mass is 323 g/mol. The summed E-state index contributed by atoms with van der Waals surface area (Å²) < 4.78 is 1.99. The van der Waals surface area contributed by atoms with E-state index < -0.39 is 0 Å². The van der Waals surface area contributed by atoms with Gasteiger partial charge in [0.25, 0.3) is 0 Å². The summed E-state index contributed by atoms with van der Waals surface area (Å²) in [5, 5.41) is 12.1. The molecule has 1 aromatic heterocycles. The fraction of sp³-hybridized carbons (Fsp3) is 0.750. The molecule has 5 nitrogen and oxygen atoms in total. The van der Waals surface area contributed by atoms with Crippen molar-refractivity contribution in [3.63, 3.8) is 0 Å². The highest BCUT2D eigenvalue weighted by Crippen LogP contribution is 2.27. The van der Waals surface area contributed by atoms with E-state index in [-0.39, 0.29) is 0 Å². The van der Waals surface area contributed by atoms with E-state index >= 15 is 0 Å². The predicted octanol–water partition coefficient (Wildman–Crippen LogP) is 2.42. The van der Waals surface area contributed by atoms with Crippen molar-refractivity contribution in [3.8, 4) is 0 Å². The number of thioether (sulfide) groups is 1. The average Bonchev–Trinajstić information content (AvgIpc) is 3.12. The summed E-state index contributed by atoms with van der Waals surface area (Å²) in [7, 11) is 0. The SMILES string of the molecule is CCNC(=NCCCn1cc(C)cn1)NC1CCC(SC)C1. The maximum Gasteiger partial charge on any atom is 0.191 e. The van der Waals surface area contributed by atoms with Crippen molar-refractivity contribution >= 4 is 17.7 Å². The van der Waals surface area contributed by atoms with Gasteiger partial charge < -0.3 is 10.6 Å². The van der Waals surface area contributed by atoms with E-state index in [1.165, 1.54) is 24.8 Å². The van der Waals surface area contributed by atoms with Gasteiger partial charge in [0.05, 0.1) is 6.20 Å². The van der Waals surface area contributed by atoms with E-state index in [0.717, 1.165) is 37.3 Å². The highest BCUT2D eigenvalue weighted by Gasteiger charge is 2.24. The number of aliphatic imine (C=N–C) groups is 1. The molecule has 2 atom stereocenters. The Labute approximate surface area is 138 Å². The van der Waals surface area contributed by atoms with Crippen LogP contribution in [-0.2, 0) is 6.54 Å². The second-order valence-corrected chi connectivity index (χ2v) is 7.05. The van der Waals surface area contributed by atoms with E-state index in [1.807, 2.05) is 22.6 Å². The summed E-state index contributed by atoms with van der Waals surface area (Å²) in [5.74, 6) is 0.964. The van der Waals surface area contributed by atoms with Gasteiger partial charge in [0.15, 0.2) is 5.96 Å². The lowest BCUT2D eigenvalue weighted by molar-refractivity contribution is 0.579. The second-order valence-electron chi connectivity index (χ2n) is 5.91. The van der Waals surface area contributed by atoms with Crippen LogP contribution < -0.4 is 10.6 Å². The molecule has 2 N–H and O–H groups in total. The smallest absolute Gasteiger partial charge is 0.191 e. The Morgan fingerprint density at radius 1 is 1.50 bits per heavy atom. The van der Waals surface area contributed by atoms with E-state index in [0.29, 0.717) is 6.04 Å². The highest BCUT2D eigenvalue weighted by molar-refractivity contribution is 7.99. The zero-order valence-electron chi connectivity index (χ0n) is 14.0. The van der Waals surface area contributed by atoms with Crippen molar-refractivity contribution in [2.45, 2.75) is 57.4 Å². The average molecular weight is 324 g/mol. The standard InChI is InChI=1S/C16H29N5S/c1-4-17-16(20-14-6-7-15(10-14)22-3)18-8-5-9-21-12-13(2)11-19-21/h11-12,14-15H,4-10H2,1-3H3,(H2,17,18,20). The molecule has 2 unspecified atom stereocenters. The zero-order valence-corrected chi connectivity index (χ0v) is 14.8. The molecule has 0 radical (unpaired) electrons. The Hall–Kier alpha value is -1.17. The molecule has 2 rings (SSSR count). The van der Waals surface area contributed by atoms with Gasteiger partial charge in [-0.25, -0.2) is 0 Å². The third-order valence-electron chi connectivity index (χ3n) is 3.98. The molecule has 1 aromatic rings. The Kier molecular flexibility index (Phi) is 7.09. The number of nitrogens with one attached hydrogen (secondary N) is 2. The van der Waals surface area contributed by atoms with Gasteiger partial charge in [0.2, 0.25) is 0 Å². The summed E-state index contributed by atoms with van der Waals surface area (Å²) in [5.41, 5.74) is 1.21. The minimum Gasteiger partial charge on any atom is -0.357 e. The second kappa shape index (κ2) is 9.08.